The lowest BCUT2D eigenvalue weighted by Gasteiger charge is -2.34. The lowest BCUT2D eigenvalue weighted by Crippen LogP contribution is -2.43. The van der Waals surface area contributed by atoms with Gasteiger partial charge in [-0.15, -0.1) is 0 Å². The van der Waals surface area contributed by atoms with Crippen molar-refractivity contribution in [2.24, 2.45) is 0 Å². The molecule has 0 aliphatic carbocycles. The van der Waals surface area contributed by atoms with Crippen LogP contribution in [0.25, 0.3) is 0 Å². The van der Waals surface area contributed by atoms with E-state index in [0.29, 0.717) is 19.4 Å². The van der Waals surface area contributed by atoms with Crippen molar-refractivity contribution < 1.29 is 18.4 Å². The molecule has 1 heterocycles. The first-order valence-electron chi connectivity index (χ1n) is 9.92. The molecule has 1 aliphatic heterocycles. The van der Waals surface area contributed by atoms with Gasteiger partial charge in [0.1, 0.15) is 0 Å². The summed E-state index contributed by atoms with van der Waals surface area (Å²) in [6.45, 7) is 2.78. The summed E-state index contributed by atoms with van der Waals surface area (Å²) >= 11 is 0. The topological polar surface area (TPSA) is 37.4 Å². The fraction of sp³-hybridized carbons (Fsp3) is 0.545. The second-order valence-corrected chi connectivity index (χ2v) is 7.12. The molecule has 1 amide bonds. The largest absolute Gasteiger partial charge is 0.336 e. The highest BCUT2D eigenvalue weighted by atomic mass is 19.3. The van der Waals surface area contributed by atoms with E-state index in [1.807, 2.05) is 0 Å². The number of piperidine rings is 1. The summed E-state index contributed by atoms with van der Waals surface area (Å²) in [6, 6.07) is 6.83. The Morgan fingerprint density at radius 1 is 1.19 bits per heavy atom. The Labute approximate surface area is 160 Å². The molecule has 1 fully saturated rings. The number of hydrogen-bond acceptors (Lipinski definition) is 2. The predicted molar refractivity (Wildman–Crippen MR) is 103 cm³/mol. The van der Waals surface area contributed by atoms with E-state index >= 15 is 0 Å². The standard InChI is InChI=1S/C22H29F2NO2/c1-2-3-4-5-9-17-25-19(13-10-14-21(25)27)15-16-20(26)22(23,24)18-11-7-6-8-12-18/h6-8,11-12,15-16,19H,2-5,9-10,13-14,17H2,1H3/b16-15+/t19-/m1/s1. The third-order valence-corrected chi connectivity index (χ3v) is 5.03. The number of carbonyl (C=O) groups excluding carboxylic acids is 2. The van der Waals surface area contributed by atoms with Crippen LogP contribution in [0.3, 0.4) is 0 Å². The molecule has 3 nitrogen and oxygen atoms in total. The van der Waals surface area contributed by atoms with Crippen molar-refractivity contribution in [3.63, 3.8) is 0 Å². The normalized spacial score (nSPS) is 18.3. The van der Waals surface area contributed by atoms with Crippen molar-refractivity contribution in [2.75, 3.05) is 6.54 Å². The first kappa shape index (κ1) is 21.3. The zero-order valence-corrected chi connectivity index (χ0v) is 16.0. The van der Waals surface area contributed by atoms with Crippen molar-refractivity contribution in [3.05, 3.63) is 48.0 Å². The molecule has 1 saturated heterocycles. The molecular weight excluding hydrogens is 348 g/mol. The van der Waals surface area contributed by atoms with Gasteiger partial charge >= 0.3 is 5.92 Å². The Hall–Kier alpha value is -2.04. The number of hydrogen-bond donors (Lipinski definition) is 0. The molecule has 5 heteroatoms. The molecule has 1 aromatic carbocycles. The number of nitrogens with zero attached hydrogens (tertiary/aromatic N) is 1. The average molecular weight is 377 g/mol. The highest BCUT2D eigenvalue weighted by Gasteiger charge is 2.39. The minimum atomic E-state index is -3.55. The zero-order chi connectivity index (χ0) is 19.7. The SMILES string of the molecule is CCCCCCCN1C(=O)CCC[C@@H]1/C=C/C(=O)C(F)(F)c1ccccc1. The molecule has 0 unspecified atom stereocenters. The molecule has 148 valence electrons. The van der Waals surface area contributed by atoms with Crippen LogP contribution < -0.4 is 0 Å². The summed E-state index contributed by atoms with van der Waals surface area (Å²) in [5.41, 5.74) is -0.313. The fourth-order valence-electron chi connectivity index (χ4n) is 3.42. The molecule has 2 rings (SSSR count). The summed E-state index contributed by atoms with van der Waals surface area (Å²) in [7, 11) is 0. The number of benzene rings is 1. The van der Waals surface area contributed by atoms with Crippen LogP contribution in [-0.4, -0.2) is 29.2 Å². The molecule has 1 aliphatic rings. The maximum Gasteiger partial charge on any atom is 0.334 e. The van der Waals surface area contributed by atoms with E-state index in [1.165, 1.54) is 36.8 Å². The van der Waals surface area contributed by atoms with Crippen LogP contribution in [0, 0.1) is 0 Å². The smallest absolute Gasteiger partial charge is 0.334 e. The van der Waals surface area contributed by atoms with Crippen LogP contribution in [0.5, 0.6) is 0 Å². The molecule has 27 heavy (non-hydrogen) atoms. The van der Waals surface area contributed by atoms with Gasteiger partial charge in [-0.3, -0.25) is 9.59 Å². The Morgan fingerprint density at radius 3 is 2.59 bits per heavy atom. The van der Waals surface area contributed by atoms with Crippen LogP contribution in [0.15, 0.2) is 42.5 Å². The van der Waals surface area contributed by atoms with Crippen LogP contribution in [0.4, 0.5) is 8.78 Å². The number of amides is 1. The Kier molecular flexibility index (Phi) is 8.14. The first-order chi connectivity index (χ1) is 13.0. The van der Waals surface area contributed by atoms with Crippen molar-refractivity contribution in [3.8, 4) is 0 Å². The van der Waals surface area contributed by atoms with E-state index in [-0.39, 0.29) is 17.5 Å². The van der Waals surface area contributed by atoms with Gasteiger partial charge in [0, 0.05) is 18.5 Å². The van der Waals surface area contributed by atoms with Gasteiger partial charge in [-0.2, -0.15) is 8.78 Å². The minimum Gasteiger partial charge on any atom is -0.336 e. The minimum absolute atomic E-state index is 0.0497. The molecule has 0 aromatic heterocycles. The lowest BCUT2D eigenvalue weighted by molar-refractivity contribution is -0.139. The van der Waals surface area contributed by atoms with Gasteiger partial charge < -0.3 is 4.90 Å². The average Bonchev–Trinajstić information content (AvgIpc) is 2.68. The molecule has 0 N–H and O–H groups in total. The highest BCUT2D eigenvalue weighted by Crippen LogP contribution is 2.29. The second kappa shape index (κ2) is 10.3. The Morgan fingerprint density at radius 2 is 1.89 bits per heavy atom. The van der Waals surface area contributed by atoms with Gasteiger partial charge in [0.2, 0.25) is 11.7 Å². The van der Waals surface area contributed by atoms with Crippen molar-refractivity contribution >= 4 is 11.7 Å². The molecule has 0 bridgehead atoms. The molecule has 0 radical (unpaired) electrons. The number of likely N-dealkylation sites (tertiary alicyclic amines) is 1. The third kappa shape index (κ3) is 5.98. The molecular formula is C22H29F2NO2. The van der Waals surface area contributed by atoms with Crippen LogP contribution in [-0.2, 0) is 15.5 Å². The van der Waals surface area contributed by atoms with E-state index in [1.54, 1.807) is 11.0 Å². The van der Waals surface area contributed by atoms with Gasteiger partial charge in [-0.1, -0.05) is 69.0 Å². The maximum absolute atomic E-state index is 14.3. The van der Waals surface area contributed by atoms with E-state index in [4.69, 9.17) is 0 Å². The van der Waals surface area contributed by atoms with Gasteiger partial charge in [0.25, 0.3) is 0 Å². The molecule has 0 saturated carbocycles. The number of halogens is 2. The van der Waals surface area contributed by atoms with E-state index in [0.717, 1.165) is 38.2 Å². The Bertz CT molecular complexity index is 643. The number of carbonyl (C=O) groups is 2. The quantitative estimate of drug-likeness (QED) is 0.412. The molecule has 0 spiro atoms. The summed E-state index contributed by atoms with van der Waals surface area (Å²) in [5.74, 6) is -4.75. The van der Waals surface area contributed by atoms with Crippen molar-refractivity contribution in [1.82, 2.24) is 4.90 Å². The van der Waals surface area contributed by atoms with Gasteiger partial charge in [-0.25, -0.2) is 0 Å². The van der Waals surface area contributed by atoms with E-state index < -0.39 is 11.7 Å². The number of ketones is 1. The van der Waals surface area contributed by atoms with Gasteiger partial charge in [0.15, 0.2) is 0 Å². The zero-order valence-electron chi connectivity index (χ0n) is 16.0. The van der Waals surface area contributed by atoms with Crippen LogP contribution in [0.1, 0.15) is 63.9 Å². The maximum atomic E-state index is 14.3. The van der Waals surface area contributed by atoms with Crippen LogP contribution >= 0.6 is 0 Å². The lowest BCUT2D eigenvalue weighted by atomic mass is 9.98. The number of rotatable bonds is 10. The Balaban J connectivity index is 1.99. The fourth-order valence-corrected chi connectivity index (χ4v) is 3.42. The van der Waals surface area contributed by atoms with Crippen molar-refractivity contribution in [1.29, 1.82) is 0 Å². The third-order valence-electron chi connectivity index (χ3n) is 5.03. The summed E-state index contributed by atoms with van der Waals surface area (Å²) < 4.78 is 28.6. The predicted octanol–water partition coefficient (Wildman–Crippen LogP) is 5.26. The summed E-state index contributed by atoms with van der Waals surface area (Å²) in [6.07, 6.45) is 9.82. The summed E-state index contributed by atoms with van der Waals surface area (Å²) in [4.78, 5) is 26.1. The molecule has 1 aromatic rings. The number of allylic oxidation sites excluding steroid dienone is 1. The number of alkyl halides is 2. The first-order valence-corrected chi connectivity index (χ1v) is 9.92. The van der Waals surface area contributed by atoms with Gasteiger partial charge in [0.05, 0.1) is 6.04 Å². The van der Waals surface area contributed by atoms with E-state index in [9.17, 15) is 18.4 Å². The number of unbranched alkanes of at least 4 members (excludes halogenated alkanes) is 4. The second-order valence-electron chi connectivity index (χ2n) is 7.12. The van der Waals surface area contributed by atoms with Gasteiger partial charge in [-0.05, 0) is 25.3 Å². The monoisotopic (exact) mass is 377 g/mol. The van der Waals surface area contributed by atoms with E-state index in [2.05, 4.69) is 6.92 Å². The summed E-state index contributed by atoms with van der Waals surface area (Å²) in [5, 5.41) is 0. The molecule has 1 atom stereocenters. The van der Waals surface area contributed by atoms with Crippen LogP contribution in [0.2, 0.25) is 0 Å². The van der Waals surface area contributed by atoms with Crippen molar-refractivity contribution in [2.45, 2.75) is 70.3 Å². The highest BCUT2D eigenvalue weighted by molar-refractivity contribution is 5.96.